The topological polar surface area (TPSA) is 88.9 Å². The van der Waals surface area contributed by atoms with E-state index in [1.807, 2.05) is 36.4 Å². The highest BCUT2D eigenvalue weighted by molar-refractivity contribution is 5.79. The molecular formula is C29H36N6O2. The molecule has 0 radical (unpaired) electrons. The minimum absolute atomic E-state index is 0.0607. The highest BCUT2D eigenvalue weighted by Crippen LogP contribution is 2.33. The van der Waals surface area contributed by atoms with Crippen molar-refractivity contribution in [1.82, 2.24) is 30.1 Å². The molecule has 0 spiro atoms. The molecule has 37 heavy (non-hydrogen) atoms. The molecule has 1 N–H and O–H groups in total. The molecule has 1 aliphatic carbocycles. The van der Waals surface area contributed by atoms with Crippen LogP contribution in [0.5, 0.6) is 5.75 Å². The van der Waals surface area contributed by atoms with Crippen molar-refractivity contribution >= 4 is 10.9 Å². The lowest BCUT2D eigenvalue weighted by Crippen LogP contribution is -2.33. The third kappa shape index (κ3) is 5.44. The molecule has 2 aromatic heterocycles. The minimum Gasteiger partial charge on any atom is -0.496 e. The van der Waals surface area contributed by atoms with Crippen LogP contribution in [0.1, 0.15) is 80.0 Å². The quantitative estimate of drug-likeness (QED) is 0.327. The zero-order valence-corrected chi connectivity index (χ0v) is 22.0. The number of pyridine rings is 1. The second-order valence-electron chi connectivity index (χ2n) is 10.1. The van der Waals surface area contributed by atoms with Crippen molar-refractivity contribution in [3.8, 4) is 5.75 Å². The molecule has 1 atom stereocenters. The number of tetrazole rings is 1. The van der Waals surface area contributed by atoms with E-state index < -0.39 is 0 Å². The van der Waals surface area contributed by atoms with Gasteiger partial charge >= 0.3 is 0 Å². The van der Waals surface area contributed by atoms with Gasteiger partial charge in [-0.25, -0.2) is 4.68 Å². The van der Waals surface area contributed by atoms with Crippen molar-refractivity contribution in [2.45, 2.75) is 77.5 Å². The molecule has 0 amide bonds. The number of hydrogen-bond donors (Lipinski definition) is 1. The van der Waals surface area contributed by atoms with Crippen molar-refractivity contribution in [3.63, 3.8) is 0 Å². The van der Waals surface area contributed by atoms with E-state index in [1.165, 1.54) is 19.3 Å². The SMILES string of the molecule is CC[C@@H](c1nnnn1C1CCCCC1)N(Cc1ccccc1OC)Cc1cc2cc(C)ccc2[nH]c1=O. The average Bonchev–Trinajstić information content (AvgIpc) is 3.40. The van der Waals surface area contributed by atoms with Crippen LogP contribution in [0.15, 0.2) is 53.3 Å². The summed E-state index contributed by atoms with van der Waals surface area (Å²) in [5.41, 5.74) is 3.73. The van der Waals surface area contributed by atoms with Gasteiger partial charge in [-0.05, 0) is 66.3 Å². The summed E-state index contributed by atoms with van der Waals surface area (Å²) >= 11 is 0. The van der Waals surface area contributed by atoms with E-state index in [0.29, 0.717) is 19.1 Å². The third-order valence-electron chi connectivity index (χ3n) is 7.58. The number of H-pyrrole nitrogens is 1. The molecule has 0 saturated heterocycles. The van der Waals surface area contributed by atoms with Gasteiger partial charge in [-0.2, -0.15) is 0 Å². The second kappa shape index (κ2) is 11.3. The molecule has 2 aromatic carbocycles. The molecule has 0 bridgehead atoms. The zero-order chi connectivity index (χ0) is 25.8. The van der Waals surface area contributed by atoms with Gasteiger partial charge in [-0.15, -0.1) is 5.10 Å². The first-order chi connectivity index (χ1) is 18.1. The monoisotopic (exact) mass is 500 g/mol. The predicted octanol–water partition coefficient (Wildman–Crippen LogP) is 5.49. The van der Waals surface area contributed by atoms with E-state index in [1.54, 1.807) is 7.11 Å². The molecule has 1 fully saturated rings. The number of hydrogen-bond acceptors (Lipinski definition) is 6. The Kier molecular flexibility index (Phi) is 7.65. The van der Waals surface area contributed by atoms with Crippen LogP contribution < -0.4 is 10.3 Å². The molecule has 8 nitrogen and oxygen atoms in total. The molecule has 194 valence electrons. The molecule has 0 aliphatic heterocycles. The van der Waals surface area contributed by atoms with Crippen LogP contribution >= 0.6 is 0 Å². The van der Waals surface area contributed by atoms with Crippen LogP contribution in [0.3, 0.4) is 0 Å². The molecule has 2 heterocycles. The summed E-state index contributed by atoms with van der Waals surface area (Å²) in [5.74, 6) is 1.70. The summed E-state index contributed by atoms with van der Waals surface area (Å²) in [5, 5.41) is 14.1. The van der Waals surface area contributed by atoms with E-state index in [9.17, 15) is 4.79 Å². The number of aromatic nitrogens is 5. The number of aryl methyl sites for hydroxylation is 1. The lowest BCUT2D eigenvalue weighted by molar-refractivity contribution is 0.153. The molecule has 0 unspecified atom stereocenters. The van der Waals surface area contributed by atoms with E-state index in [-0.39, 0.29) is 11.6 Å². The number of methoxy groups -OCH3 is 1. The molecule has 5 rings (SSSR count). The first-order valence-electron chi connectivity index (χ1n) is 13.3. The number of ether oxygens (including phenoxy) is 1. The van der Waals surface area contributed by atoms with Gasteiger partial charge in [0.2, 0.25) is 0 Å². The smallest absolute Gasteiger partial charge is 0.252 e. The van der Waals surface area contributed by atoms with Crippen molar-refractivity contribution < 1.29 is 4.74 Å². The van der Waals surface area contributed by atoms with Crippen LogP contribution in [0, 0.1) is 6.92 Å². The van der Waals surface area contributed by atoms with Gasteiger partial charge in [0.15, 0.2) is 5.82 Å². The number of para-hydroxylation sites is 1. The van der Waals surface area contributed by atoms with Gasteiger partial charge in [0.05, 0.1) is 19.2 Å². The Morgan fingerprint density at radius 1 is 1.08 bits per heavy atom. The first kappa shape index (κ1) is 25.1. The molecule has 4 aromatic rings. The summed E-state index contributed by atoms with van der Waals surface area (Å²) in [4.78, 5) is 18.6. The summed E-state index contributed by atoms with van der Waals surface area (Å²) in [6, 6.07) is 16.4. The molecule has 1 aliphatic rings. The van der Waals surface area contributed by atoms with Crippen molar-refractivity contribution in [3.05, 3.63) is 81.4 Å². The number of fused-ring (bicyclic) bond motifs is 1. The molecule has 1 saturated carbocycles. The second-order valence-corrected chi connectivity index (χ2v) is 10.1. The van der Waals surface area contributed by atoms with E-state index >= 15 is 0 Å². The van der Waals surface area contributed by atoms with Gasteiger partial charge in [0.1, 0.15) is 5.75 Å². The Morgan fingerprint density at radius 2 is 1.86 bits per heavy atom. The van der Waals surface area contributed by atoms with Crippen molar-refractivity contribution in [2.24, 2.45) is 0 Å². The lowest BCUT2D eigenvalue weighted by Gasteiger charge is -2.32. The number of aromatic amines is 1. The number of rotatable bonds is 9. The van der Waals surface area contributed by atoms with Crippen molar-refractivity contribution in [2.75, 3.05) is 7.11 Å². The fourth-order valence-electron chi connectivity index (χ4n) is 5.65. The van der Waals surface area contributed by atoms with Gasteiger partial charge in [-0.3, -0.25) is 9.69 Å². The zero-order valence-electron chi connectivity index (χ0n) is 22.0. The molecular weight excluding hydrogens is 464 g/mol. The Balaban J connectivity index is 1.55. The maximum absolute atomic E-state index is 13.2. The van der Waals surface area contributed by atoms with Crippen LogP contribution in [-0.4, -0.2) is 37.2 Å². The van der Waals surface area contributed by atoms with E-state index in [2.05, 4.69) is 56.1 Å². The Morgan fingerprint density at radius 3 is 2.65 bits per heavy atom. The van der Waals surface area contributed by atoms with Crippen LogP contribution in [0.2, 0.25) is 0 Å². The first-order valence-corrected chi connectivity index (χ1v) is 13.3. The summed E-state index contributed by atoms with van der Waals surface area (Å²) in [7, 11) is 1.69. The fraction of sp³-hybridized carbons (Fsp3) is 0.448. The van der Waals surface area contributed by atoms with E-state index in [0.717, 1.165) is 58.4 Å². The van der Waals surface area contributed by atoms with Crippen LogP contribution in [0.25, 0.3) is 10.9 Å². The third-order valence-corrected chi connectivity index (χ3v) is 7.58. The van der Waals surface area contributed by atoms with Gasteiger partial charge in [-0.1, -0.05) is 56.0 Å². The summed E-state index contributed by atoms with van der Waals surface area (Å²) in [6.45, 7) is 5.29. The lowest BCUT2D eigenvalue weighted by atomic mass is 9.95. The van der Waals surface area contributed by atoms with Crippen LogP contribution in [-0.2, 0) is 13.1 Å². The van der Waals surface area contributed by atoms with Crippen molar-refractivity contribution in [1.29, 1.82) is 0 Å². The van der Waals surface area contributed by atoms with Gasteiger partial charge in [0, 0.05) is 29.7 Å². The fourth-order valence-corrected chi connectivity index (χ4v) is 5.65. The predicted molar refractivity (Wildman–Crippen MR) is 145 cm³/mol. The summed E-state index contributed by atoms with van der Waals surface area (Å²) < 4.78 is 7.73. The highest BCUT2D eigenvalue weighted by Gasteiger charge is 2.29. The maximum atomic E-state index is 13.2. The number of benzene rings is 2. The highest BCUT2D eigenvalue weighted by atomic mass is 16.5. The van der Waals surface area contributed by atoms with E-state index in [4.69, 9.17) is 4.74 Å². The normalized spacial score (nSPS) is 15.4. The Hall–Kier alpha value is -3.52. The summed E-state index contributed by atoms with van der Waals surface area (Å²) in [6.07, 6.45) is 6.70. The van der Waals surface area contributed by atoms with Crippen LogP contribution in [0.4, 0.5) is 0 Å². The largest absolute Gasteiger partial charge is 0.496 e. The number of nitrogens with zero attached hydrogens (tertiary/aromatic N) is 5. The number of nitrogens with one attached hydrogen (secondary N) is 1. The Bertz CT molecular complexity index is 1410. The maximum Gasteiger partial charge on any atom is 0.252 e. The minimum atomic E-state index is -0.0666. The van der Waals surface area contributed by atoms with Gasteiger partial charge < -0.3 is 9.72 Å². The molecule has 8 heteroatoms. The Labute approximate surface area is 217 Å². The average molecular weight is 501 g/mol. The van der Waals surface area contributed by atoms with Gasteiger partial charge in [0.25, 0.3) is 5.56 Å². The standard InChI is InChI=1S/C29H36N6O2/c1-4-26(28-31-32-33-35(28)24-11-6-5-7-12-24)34(18-21-10-8-9-13-27(21)37-3)19-23-17-22-16-20(2)14-15-25(22)30-29(23)36/h8-10,13-17,24,26H,4-7,11-12,18-19H2,1-3H3,(H,30,36)/t26-/m0/s1.